The Bertz CT molecular complexity index is 284. The van der Waals surface area contributed by atoms with E-state index in [2.05, 4.69) is 19.9 Å². The number of hydrogen-bond donors (Lipinski definition) is 0. The molecule has 1 aliphatic rings. The summed E-state index contributed by atoms with van der Waals surface area (Å²) in [6, 6.07) is 2.23. The highest BCUT2D eigenvalue weighted by Crippen LogP contribution is 2.17. The van der Waals surface area contributed by atoms with E-state index in [0.29, 0.717) is 12.5 Å². The van der Waals surface area contributed by atoms with Crippen LogP contribution in [0.25, 0.3) is 0 Å². The second kappa shape index (κ2) is 5.86. The number of carbonyl (C=O) groups is 1. The Hall–Kier alpha value is -1.08. The quantitative estimate of drug-likeness (QED) is 0.723. The number of likely N-dealkylation sites (N-methyl/N-ethyl adjacent to an activating group) is 1. The highest BCUT2D eigenvalue weighted by molar-refractivity contribution is 5.82. The molecule has 1 amide bonds. The molecule has 1 aliphatic heterocycles. The van der Waals surface area contributed by atoms with E-state index in [1.54, 1.807) is 0 Å². The number of amides is 1. The molecule has 0 aromatic carbocycles. The van der Waals surface area contributed by atoms with Crippen LogP contribution < -0.4 is 0 Å². The molecule has 4 heteroatoms. The third-order valence-corrected chi connectivity index (χ3v) is 3.38. The number of rotatable bonds is 3. The van der Waals surface area contributed by atoms with E-state index < -0.39 is 0 Å². The minimum atomic E-state index is -0.256. The van der Waals surface area contributed by atoms with Gasteiger partial charge >= 0.3 is 0 Å². The molecule has 0 saturated carbocycles. The van der Waals surface area contributed by atoms with Gasteiger partial charge in [0.25, 0.3) is 0 Å². The van der Waals surface area contributed by atoms with Crippen molar-refractivity contribution in [3.63, 3.8) is 0 Å². The van der Waals surface area contributed by atoms with Gasteiger partial charge in [-0.15, -0.1) is 0 Å². The van der Waals surface area contributed by atoms with Crippen molar-refractivity contribution >= 4 is 5.91 Å². The lowest BCUT2D eigenvalue weighted by molar-refractivity contribution is -0.135. The van der Waals surface area contributed by atoms with Crippen LogP contribution in [0.4, 0.5) is 0 Å². The van der Waals surface area contributed by atoms with Gasteiger partial charge in [0.2, 0.25) is 5.91 Å². The minimum absolute atomic E-state index is 0.121. The Kier molecular flexibility index (Phi) is 4.75. The second-order valence-electron chi connectivity index (χ2n) is 4.51. The molecule has 0 bridgehead atoms. The zero-order valence-electron chi connectivity index (χ0n) is 10.4. The van der Waals surface area contributed by atoms with Crippen LogP contribution in [0, 0.1) is 11.3 Å². The molecular weight excluding hydrogens is 202 g/mol. The second-order valence-corrected chi connectivity index (χ2v) is 4.51. The third kappa shape index (κ3) is 2.73. The van der Waals surface area contributed by atoms with Gasteiger partial charge in [0, 0.05) is 19.1 Å². The van der Waals surface area contributed by atoms with Crippen molar-refractivity contribution in [1.82, 2.24) is 9.80 Å². The molecule has 16 heavy (non-hydrogen) atoms. The fourth-order valence-electron chi connectivity index (χ4n) is 2.16. The molecule has 1 rings (SSSR count). The van der Waals surface area contributed by atoms with E-state index >= 15 is 0 Å². The predicted octanol–water partition coefficient (Wildman–Crippen LogP) is 1.23. The highest BCUT2D eigenvalue weighted by Gasteiger charge is 2.33. The van der Waals surface area contributed by atoms with Gasteiger partial charge in [-0.3, -0.25) is 9.69 Å². The average Bonchev–Trinajstić information content (AvgIpc) is 2.36. The lowest BCUT2D eigenvalue weighted by Crippen LogP contribution is -2.46. The average molecular weight is 223 g/mol. The van der Waals surface area contributed by atoms with E-state index in [-0.39, 0.29) is 11.9 Å². The van der Waals surface area contributed by atoms with Crippen molar-refractivity contribution in [3.05, 3.63) is 0 Å². The molecule has 0 aromatic rings. The number of hydrogen-bond acceptors (Lipinski definition) is 3. The van der Waals surface area contributed by atoms with E-state index in [1.165, 1.54) is 0 Å². The first-order chi connectivity index (χ1) is 7.61. The standard InChI is InChI=1S/C12H21N3O/c1-4-8-15-9-6-10(2)14(3)11(5-7-13)12(15)16/h10-11H,4-6,8-9H2,1-3H3. The molecule has 0 N–H and O–H groups in total. The Labute approximate surface area is 97.8 Å². The molecule has 1 saturated heterocycles. The Morgan fingerprint density at radius 2 is 2.25 bits per heavy atom. The molecule has 2 atom stereocenters. The van der Waals surface area contributed by atoms with Gasteiger partial charge in [0.1, 0.15) is 6.04 Å². The topological polar surface area (TPSA) is 47.3 Å². The van der Waals surface area contributed by atoms with E-state index in [4.69, 9.17) is 5.26 Å². The number of nitriles is 1. The first-order valence-electron chi connectivity index (χ1n) is 5.99. The lowest BCUT2D eigenvalue weighted by atomic mass is 10.1. The highest BCUT2D eigenvalue weighted by atomic mass is 16.2. The Morgan fingerprint density at radius 3 is 2.81 bits per heavy atom. The summed E-state index contributed by atoms with van der Waals surface area (Å²) in [5, 5.41) is 8.80. The van der Waals surface area contributed by atoms with Gasteiger partial charge < -0.3 is 4.90 Å². The molecule has 90 valence electrons. The molecule has 4 nitrogen and oxygen atoms in total. The predicted molar refractivity (Wildman–Crippen MR) is 62.7 cm³/mol. The van der Waals surface area contributed by atoms with Gasteiger partial charge in [-0.1, -0.05) is 6.92 Å². The van der Waals surface area contributed by atoms with Crippen molar-refractivity contribution in [2.75, 3.05) is 20.1 Å². The van der Waals surface area contributed by atoms with Gasteiger partial charge in [0.15, 0.2) is 0 Å². The summed E-state index contributed by atoms with van der Waals surface area (Å²) in [5.41, 5.74) is 0. The number of nitrogens with zero attached hydrogens (tertiary/aromatic N) is 3. The van der Waals surface area contributed by atoms with Crippen LogP contribution >= 0.6 is 0 Å². The fourth-order valence-corrected chi connectivity index (χ4v) is 2.16. The van der Waals surface area contributed by atoms with Crippen LogP contribution in [0.2, 0.25) is 0 Å². The SMILES string of the molecule is CCCN1CCC(C)N(C)C(CC#N)C1=O. The molecule has 1 heterocycles. The summed E-state index contributed by atoms with van der Waals surface area (Å²) in [4.78, 5) is 16.2. The summed E-state index contributed by atoms with van der Waals surface area (Å²) in [6.07, 6.45) is 2.26. The van der Waals surface area contributed by atoms with Crippen molar-refractivity contribution < 1.29 is 4.79 Å². The van der Waals surface area contributed by atoms with Gasteiger partial charge in [0.05, 0.1) is 12.5 Å². The van der Waals surface area contributed by atoms with Gasteiger partial charge in [-0.2, -0.15) is 5.26 Å². The van der Waals surface area contributed by atoms with Crippen LogP contribution in [0.15, 0.2) is 0 Å². The van der Waals surface area contributed by atoms with Crippen molar-refractivity contribution in [3.8, 4) is 6.07 Å². The molecule has 0 aliphatic carbocycles. The Morgan fingerprint density at radius 1 is 1.56 bits per heavy atom. The maximum absolute atomic E-state index is 12.2. The smallest absolute Gasteiger partial charge is 0.240 e. The van der Waals surface area contributed by atoms with Crippen molar-refractivity contribution in [2.45, 2.75) is 45.2 Å². The van der Waals surface area contributed by atoms with E-state index in [0.717, 1.165) is 25.9 Å². The lowest BCUT2D eigenvalue weighted by Gasteiger charge is -2.28. The van der Waals surface area contributed by atoms with Crippen molar-refractivity contribution in [2.24, 2.45) is 0 Å². The van der Waals surface area contributed by atoms with Crippen LogP contribution in [-0.4, -0.2) is 47.9 Å². The zero-order chi connectivity index (χ0) is 12.1. The summed E-state index contributed by atoms with van der Waals surface area (Å²) >= 11 is 0. The largest absolute Gasteiger partial charge is 0.341 e. The Balaban J connectivity index is 2.83. The summed E-state index contributed by atoms with van der Waals surface area (Å²) < 4.78 is 0. The van der Waals surface area contributed by atoms with Gasteiger partial charge in [-0.05, 0) is 26.8 Å². The van der Waals surface area contributed by atoms with E-state index in [1.807, 2.05) is 16.8 Å². The normalized spacial score (nSPS) is 27.6. The van der Waals surface area contributed by atoms with Crippen LogP contribution in [-0.2, 0) is 4.79 Å². The molecule has 2 unspecified atom stereocenters. The first kappa shape index (κ1) is 13.0. The van der Waals surface area contributed by atoms with Gasteiger partial charge in [-0.25, -0.2) is 0 Å². The molecule has 1 fully saturated rings. The molecule has 0 spiro atoms. The number of carbonyl (C=O) groups excluding carboxylic acids is 1. The molecular formula is C12H21N3O. The fraction of sp³-hybridized carbons (Fsp3) is 0.833. The maximum Gasteiger partial charge on any atom is 0.240 e. The van der Waals surface area contributed by atoms with Crippen LogP contribution in [0.3, 0.4) is 0 Å². The summed E-state index contributed by atoms with van der Waals surface area (Å²) in [6.45, 7) is 5.82. The maximum atomic E-state index is 12.2. The zero-order valence-corrected chi connectivity index (χ0v) is 10.4. The minimum Gasteiger partial charge on any atom is -0.341 e. The summed E-state index contributed by atoms with van der Waals surface area (Å²) in [7, 11) is 1.94. The van der Waals surface area contributed by atoms with Crippen LogP contribution in [0.5, 0.6) is 0 Å². The van der Waals surface area contributed by atoms with Crippen molar-refractivity contribution in [1.29, 1.82) is 5.26 Å². The third-order valence-electron chi connectivity index (χ3n) is 3.38. The molecule has 0 radical (unpaired) electrons. The monoisotopic (exact) mass is 223 g/mol. The van der Waals surface area contributed by atoms with Crippen LogP contribution in [0.1, 0.15) is 33.1 Å². The summed E-state index contributed by atoms with van der Waals surface area (Å²) in [5.74, 6) is 0.121. The van der Waals surface area contributed by atoms with E-state index in [9.17, 15) is 4.79 Å². The first-order valence-corrected chi connectivity index (χ1v) is 5.99. The molecule has 0 aromatic heterocycles.